The van der Waals surface area contributed by atoms with Gasteiger partial charge in [-0.3, -0.25) is 0 Å². The standard InChI is InChI=1S/C15H24ClN3O/c1-5-17-15(19-11(2)3)18-10-12(4)20-14-9-7-6-8-13(14)16/h6-9,11-12H,5,10H2,1-4H3,(H2,17,18,19). The zero-order valence-corrected chi connectivity index (χ0v) is 13.4. The van der Waals surface area contributed by atoms with Crippen molar-refractivity contribution in [1.82, 2.24) is 10.6 Å². The maximum Gasteiger partial charge on any atom is 0.191 e. The second kappa shape index (κ2) is 8.69. The Kier molecular flexibility index (Phi) is 7.23. The topological polar surface area (TPSA) is 45.7 Å². The van der Waals surface area contributed by atoms with Crippen molar-refractivity contribution < 1.29 is 4.74 Å². The van der Waals surface area contributed by atoms with E-state index >= 15 is 0 Å². The van der Waals surface area contributed by atoms with Crippen molar-refractivity contribution in [2.75, 3.05) is 13.1 Å². The van der Waals surface area contributed by atoms with Gasteiger partial charge < -0.3 is 15.4 Å². The van der Waals surface area contributed by atoms with Crippen LogP contribution < -0.4 is 15.4 Å². The van der Waals surface area contributed by atoms with Gasteiger partial charge in [-0.05, 0) is 39.8 Å². The van der Waals surface area contributed by atoms with Crippen LogP contribution in [0.5, 0.6) is 5.75 Å². The van der Waals surface area contributed by atoms with Gasteiger partial charge in [0.2, 0.25) is 0 Å². The number of nitrogens with one attached hydrogen (secondary N) is 2. The average molecular weight is 298 g/mol. The molecule has 2 N–H and O–H groups in total. The largest absolute Gasteiger partial charge is 0.487 e. The van der Waals surface area contributed by atoms with Gasteiger partial charge in [0.1, 0.15) is 11.9 Å². The van der Waals surface area contributed by atoms with E-state index in [1.807, 2.05) is 38.1 Å². The number of hydrogen-bond donors (Lipinski definition) is 2. The monoisotopic (exact) mass is 297 g/mol. The molecule has 0 spiro atoms. The van der Waals surface area contributed by atoms with E-state index in [1.165, 1.54) is 0 Å². The van der Waals surface area contributed by atoms with Crippen LogP contribution in [0.4, 0.5) is 0 Å². The molecule has 0 fully saturated rings. The number of guanidine groups is 1. The maximum atomic E-state index is 6.06. The number of halogens is 1. The Bertz CT molecular complexity index is 435. The summed E-state index contributed by atoms with van der Waals surface area (Å²) in [6.45, 7) is 9.58. The molecule has 4 nitrogen and oxygen atoms in total. The molecule has 0 bridgehead atoms. The van der Waals surface area contributed by atoms with Crippen LogP contribution in [0, 0.1) is 0 Å². The summed E-state index contributed by atoms with van der Waals surface area (Å²) in [4.78, 5) is 4.51. The molecule has 0 aliphatic carbocycles. The third-order valence-electron chi connectivity index (χ3n) is 2.44. The first-order chi connectivity index (χ1) is 9.52. The SMILES string of the molecule is CCNC(=NCC(C)Oc1ccccc1Cl)NC(C)C. The summed E-state index contributed by atoms with van der Waals surface area (Å²) in [5.74, 6) is 1.50. The first-order valence-electron chi connectivity index (χ1n) is 6.99. The quantitative estimate of drug-likeness (QED) is 0.626. The van der Waals surface area contributed by atoms with E-state index in [0.29, 0.717) is 23.4 Å². The number of ether oxygens (including phenoxy) is 1. The van der Waals surface area contributed by atoms with Gasteiger partial charge in [-0.15, -0.1) is 0 Å². The predicted octanol–water partition coefficient (Wildman–Crippen LogP) is 3.07. The van der Waals surface area contributed by atoms with Gasteiger partial charge in [-0.1, -0.05) is 23.7 Å². The van der Waals surface area contributed by atoms with Crippen molar-refractivity contribution in [2.24, 2.45) is 4.99 Å². The molecule has 0 saturated carbocycles. The van der Waals surface area contributed by atoms with E-state index in [1.54, 1.807) is 0 Å². The Morgan fingerprint density at radius 3 is 2.60 bits per heavy atom. The zero-order chi connectivity index (χ0) is 15.0. The second-order valence-electron chi connectivity index (χ2n) is 4.88. The molecule has 1 aromatic rings. The molecule has 0 saturated heterocycles. The maximum absolute atomic E-state index is 6.06. The summed E-state index contributed by atoms with van der Waals surface area (Å²) in [7, 11) is 0. The van der Waals surface area contributed by atoms with Crippen LogP contribution in [-0.4, -0.2) is 31.2 Å². The van der Waals surface area contributed by atoms with Crippen LogP contribution in [0.1, 0.15) is 27.7 Å². The van der Waals surface area contributed by atoms with Crippen molar-refractivity contribution in [2.45, 2.75) is 39.8 Å². The van der Waals surface area contributed by atoms with E-state index in [-0.39, 0.29) is 6.10 Å². The Balaban J connectivity index is 2.55. The van der Waals surface area contributed by atoms with Crippen molar-refractivity contribution >= 4 is 17.6 Å². The minimum absolute atomic E-state index is 0.0440. The van der Waals surface area contributed by atoms with Crippen LogP contribution in [0.3, 0.4) is 0 Å². The normalized spacial score (nSPS) is 13.2. The molecule has 5 heteroatoms. The van der Waals surface area contributed by atoms with E-state index in [2.05, 4.69) is 29.5 Å². The summed E-state index contributed by atoms with van der Waals surface area (Å²) in [5.41, 5.74) is 0. The molecular weight excluding hydrogens is 274 g/mol. The van der Waals surface area contributed by atoms with E-state index in [4.69, 9.17) is 16.3 Å². The van der Waals surface area contributed by atoms with Crippen LogP contribution >= 0.6 is 11.6 Å². The van der Waals surface area contributed by atoms with Gasteiger partial charge in [0, 0.05) is 12.6 Å². The molecule has 1 atom stereocenters. The fourth-order valence-corrected chi connectivity index (χ4v) is 1.79. The highest BCUT2D eigenvalue weighted by atomic mass is 35.5. The fraction of sp³-hybridized carbons (Fsp3) is 0.533. The molecule has 0 aliphatic rings. The first-order valence-corrected chi connectivity index (χ1v) is 7.36. The summed E-state index contributed by atoms with van der Waals surface area (Å²) in [6.07, 6.45) is -0.0440. The van der Waals surface area contributed by atoms with E-state index in [9.17, 15) is 0 Å². The van der Waals surface area contributed by atoms with Crippen molar-refractivity contribution in [3.63, 3.8) is 0 Å². The fourth-order valence-electron chi connectivity index (χ4n) is 1.61. The van der Waals surface area contributed by atoms with Crippen molar-refractivity contribution in [3.05, 3.63) is 29.3 Å². The second-order valence-corrected chi connectivity index (χ2v) is 5.28. The Labute approximate surface area is 126 Å². The Morgan fingerprint density at radius 1 is 1.30 bits per heavy atom. The molecule has 0 radical (unpaired) electrons. The van der Waals surface area contributed by atoms with Crippen molar-refractivity contribution in [3.8, 4) is 5.75 Å². The smallest absolute Gasteiger partial charge is 0.191 e. The molecule has 0 aromatic heterocycles. The van der Waals surface area contributed by atoms with Crippen LogP contribution in [0.15, 0.2) is 29.3 Å². The average Bonchev–Trinajstić information content (AvgIpc) is 2.38. The minimum atomic E-state index is -0.0440. The van der Waals surface area contributed by atoms with Gasteiger partial charge in [0.25, 0.3) is 0 Å². The Hall–Kier alpha value is -1.42. The third-order valence-corrected chi connectivity index (χ3v) is 2.75. The molecule has 1 unspecified atom stereocenters. The van der Waals surface area contributed by atoms with Crippen LogP contribution in [-0.2, 0) is 0 Å². The first kappa shape index (κ1) is 16.6. The molecule has 1 aromatic carbocycles. The van der Waals surface area contributed by atoms with Gasteiger partial charge in [0.15, 0.2) is 5.96 Å². The number of rotatable bonds is 6. The lowest BCUT2D eigenvalue weighted by Gasteiger charge is -2.17. The van der Waals surface area contributed by atoms with Crippen molar-refractivity contribution in [1.29, 1.82) is 0 Å². The highest BCUT2D eigenvalue weighted by Crippen LogP contribution is 2.24. The summed E-state index contributed by atoms with van der Waals surface area (Å²) in [5, 5.41) is 7.09. The summed E-state index contributed by atoms with van der Waals surface area (Å²) < 4.78 is 5.78. The van der Waals surface area contributed by atoms with Gasteiger partial charge >= 0.3 is 0 Å². The number of benzene rings is 1. The molecule has 112 valence electrons. The number of hydrogen-bond acceptors (Lipinski definition) is 2. The highest BCUT2D eigenvalue weighted by Gasteiger charge is 2.07. The molecule has 0 amide bonds. The number of nitrogens with zero attached hydrogens (tertiary/aromatic N) is 1. The lowest BCUT2D eigenvalue weighted by molar-refractivity contribution is 0.230. The molecule has 20 heavy (non-hydrogen) atoms. The molecule has 0 aliphatic heterocycles. The summed E-state index contributed by atoms with van der Waals surface area (Å²) >= 11 is 6.06. The van der Waals surface area contributed by atoms with Gasteiger partial charge in [0.05, 0.1) is 11.6 Å². The summed E-state index contributed by atoms with van der Waals surface area (Å²) in [6, 6.07) is 7.81. The highest BCUT2D eigenvalue weighted by molar-refractivity contribution is 6.32. The van der Waals surface area contributed by atoms with E-state index in [0.717, 1.165) is 12.5 Å². The molecular formula is C15H24ClN3O. The van der Waals surface area contributed by atoms with Crippen LogP contribution in [0.2, 0.25) is 5.02 Å². The lowest BCUT2D eigenvalue weighted by Crippen LogP contribution is -2.41. The molecule has 0 heterocycles. The van der Waals surface area contributed by atoms with Gasteiger partial charge in [-0.2, -0.15) is 0 Å². The van der Waals surface area contributed by atoms with Gasteiger partial charge in [-0.25, -0.2) is 4.99 Å². The lowest BCUT2D eigenvalue weighted by atomic mass is 10.3. The number of para-hydroxylation sites is 1. The number of aliphatic imine (C=N–C) groups is 1. The van der Waals surface area contributed by atoms with E-state index < -0.39 is 0 Å². The predicted molar refractivity (Wildman–Crippen MR) is 85.8 cm³/mol. The van der Waals surface area contributed by atoms with Crippen LogP contribution in [0.25, 0.3) is 0 Å². The Morgan fingerprint density at radius 2 is 2.00 bits per heavy atom. The third kappa shape index (κ3) is 6.15. The molecule has 1 rings (SSSR count). The minimum Gasteiger partial charge on any atom is -0.487 e. The zero-order valence-electron chi connectivity index (χ0n) is 12.6.